The van der Waals surface area contributed by atoms with Crippen LogP contribution in [0.5, 0.6) is 0 Å². The van der Waals surface area contributed by atoms with Gasteiger partial charge in [0.15, 0.2) is 0 Å². The molecule has 142 valence electrons. The zero-order chi connectivity index (χ0) is 19.2. The minimum absolute atomic E-state index is 0.0372. The molecule has 1 aromatic rings. The van der Waals surface area contributed by atoms with Gasteiger partial charge >= 0.3 is 6.18 Å². The highest BCUT2D eigenvalue weighted by Gasteiger charge is 2.33. The van der Waals surface area contributed by atoms with E-state index in [0.717, 1.165) is 24.4 Å². The van der Waals surface area contributed by atoms with Crippen LogP contribution in [0.4, 0.5) is 18.9 Å². The Morgan fingerprint density at radius 2 is 2.19 bits per heavy atom. The first-order valence-corrected chi connectivity index (χ1v) is 9.45. The summed E-state index contributed by atoms with van der Waals surface area (Å²) >= 11 is 1.70. The Balaban J connectivity index is 1.76. The van der Waals surface area contributed by atoms with Crippen LogP contribution in [0.3, 0.4) is 0 Å². The van der Waals surface area contributed by atoms with Crippen molar-refractivity contribution < 1.29 is 18.0 Å². The summed E-state index contributed by atoms with van der Waals surface area (Å²) in [6, 6.07) is 4.58. The van der Waals surface area contributed by atoms with Gasteiger partial charge in [-0.3, -0.25) is 4.79 Å². The lowest BCUT2D eigenvalue weighted by Gasteiger charge is -2.19. The van der Waals surface area contributed by atoms with Crippen molar-refractivity contribution in [3.05, 3.63) is 29.3 Å². The molecule has 5 nitrogen and oxygen atoms in total. The molecule has 1 aromatic carbocycles. The molecule has 0 saturated carbocycles. The van der Waals surface area contributed by atoms with Gasteiger partial charge in [0.05, 0.1) is 29.1 Å². The van der Waals surface area contributed by atoms with Gasteiger partial charge in [-0.2, -0.15) is 18.4 Å². The van der Waals surface area contributed by atoms with Crippen LogP contribution in [0.2, 0.25) is 0 Å². The Hall–Kier alpha value is -1.92. The molecule has 0 spiro atoms. The number of hydrogen-bond acceptors (Lipinski definition) is 5. The van der Waals surface area contributed by atoms with Gasteiger partial charge < -0.3 is 16.0 Å². The third kappa shape index (κ3) is 5.54. The molecule has 0 aromatic heterocycles. The fourth-order valence-corrected chi connectivity index (χ4v) is 3.61. The molecule has 0 radical (unpaired) electrons. The molecule has 1 atom stereocenters. The predicted molar refractivity (Wildman–Crippen MR) is 95.5 cm³/mol. The van der Waals surface area contributed by atoms with Crippen LogP contribution < -0.4 is 11.1 Å². The zero-order valence-corrected chi connectivity index (χ0v) is 15.0. The number of carbonyl (C=O) groups is 1. The summed E-state index contributed by atoms with van der Waals surface area (Å²) in [5, 5.41) is 11.7. The van der Waals surface area contributed by atoms with Gasteiger partial charge in [0.25, 0.3) is 0 Å². The normalized spacial score (nSPS) is 15.6. The lowest BCUT2D eigenvalue weighted by Crippen LogP contribution is -2.42. The lowest BCUT2D eigenvalue weighted by molar-refractivity contribution is -0.137. The van der Waals surface area contributed by atoms with Gasteiger partial charge in [-0.25, -0.2) is 0 Å². The number of nitrogens with zero attached hydrogens (tertiary/aromatic N) is 2. The smallest absolute Gasteiger partial charge is 0.385 e. The van der Waals surface area contributed by atoms with E-state index >= 15 is 0 Å². The summed E-state index contributed by atoms with van der Waals surface area (Å²) in [5.74, 6) is 1.59. The van der Waals surface area contributed by atoms with Gasteiger partial charge in [0.2, 0.25) is 5.91 Å². The first kappa shape index (κ1) is 20.4. The fraction of sp³-hybridized carbons (Fsp3) is 0.529. The largest absolute Gasteiger partial charge is 0.417 e. The van der Waals surface area contributed by atoms with Crippen molar-refractivity contribution >= 4 is 23.4 Å². The second kappa shape index (κ2) is 9.14. The number of carbonyl (C=O) groups excluding carboxylic acids is 1. The van der Waals surface area contributed by atoms with Gasteiger partial charge in [-0.05, 0) is 37.5 Å². The minimum Gasteiger partial charge on any atom is -0.385 e. The number of nitrogens with two attached hydrogens (primary N) is 1. The van der Waals surface area contributed by atoms with E-state index in [9.17, 15) is 18.0 Å². The van der Waals surface area contributed by atoms with E-state index in [4.69, 9.17) is 11.0 Å². The lowest BCUT2D eigenvalue weighted by atomic mass is 10.1. The summed E-state index contributed by atoms with van der Waals surface area (Å²) in [6.07, 6.45) is -2.65. The molecule has 0 unspecified atom stereocenters. The molecule has 2 rings (SSSR count). The van der Waals surface area contributed by atoms with Crippen molar-refractivity contribution in [2.45, 2.75) is 31.5 Å². The van der Waals surface area contributed by atoms with Crippen molar-refractivity contribution in [2.24, 2.45) is 5.73 Å². The SMILES string of the molecule is N#Cc1ccc(NCCCC[C@H](N)C(=O)N2CCSC2)cc1C(F)(F)F. The Kier molecular flexibility index (Phi) is 7.17. The molecule has 1 fully saturated rings. The number of halogens is 3. The van der Waals surface area contributed by atoms with E-state index in [0.29, 0.717) is 37.4 Å². The Morgan fingerprint density at radius 3 is 2.81 bits per heavy atom. The average molecular weight is 386 g/mol. The minimum atomic E-state index is -4.57. The predicted octanol–water partition coefficient (Wildman–Crippen LogP) is 3.02. The molecule has 1 heterocycles. The highest BCUT2D eigenvalue weighted by Crippen LogP contribution is 2.33. The van der Waals surface area contributed by atoms with Crippen molar-refractivity contribution in [2.75, 3.05) is 30.0 Å². The van der Waals surface area contributed by atoms with Gasteiger partial charge in [-0.15, -0.1) is 11.8 Å². The number of hydrogen-bond donors (Lipinski definition) is 2. The van der Waals surface area contributed by atoms with Crippen LogP contribution >= 0.6 is 11.8 Å². The van der Waals surface area contributed by atoms with E-state index in [-0.39, 0.29) is 5.91 Å². The quantitative estimate of drug-likeness (QED) is 0.704. The second-order valence-electron chi connectivity index (χ2n) is 6.04. The molecular weight excluding hydrogens is 365 g/mol. The van der Waals surface area contributed by atoms with Crippen LogP contribution in [-0.2, 0) is 11.0 Å². The third-order valence-electron chi connectivity index (χ3n) is 4.10. The molecule has 1 saturated heterocycles. The molecule has 3 N–H and O–H groups in total. The number of nitriles is 1. The van der Waals surface area contributed by atoms with E-state index in [1.54, 1.807) is 22.7 Å². The van der Waals surface area contributed by atoms with Gasteiger partial charge in [0, 0.05) is 24.5 Å². The van der Waals surface area contributed by atoms with E-state index < -0.39 is 23.3 Å². The molecule has 9 heteroatoms. The first-order chi connectivity index (χ1) is 12.3. The number of amides is 1. The maximum Gasteiger partial charge on any atom is 0.417 e. The fourth-order valence-electron chi connectivity index (χ4n) is 2.65. The first-order valence-electron chi connectivity index (χ1n) is 8.30. The molecule has 1 aliphatic rings. The van der Waals surface area contributed by atoms with Gasteiger partial charge in [0.1, 0.15) is 0 Å². The van der Waals surface area contributed by atoms with Crippen molar-refractivity contribution in [3.8, 4) is 6.07 Å². The molecule has 1 amide bonds. The maximum atomic E-state index is 12.9. The molecule has 26 heavy (non-hydrogen) atoms. The summed E-state index contributed by atoms with van der Waals surface area (Å²) < 4.78 is 38.8. The summed E-state index contributed by atoms with van der Waals surface area (Å²) in [4.78, 5) is 13.8. The molecular formula is C17H21F3N4OS. The van der Waals surface area contributed by atoms with Crippen molar-refractivity contribution in [1.82, 2.24) is 4.90 Å². The number of unbranched alkanes of at least 4 members (excludes halogenated alkanes) is 1. The topological polar surface area (TPSA) is 82.1 Å². The standard InChI is InChI=1S/C17H21F3N4OS/c18-17(19,20)14-9-13(5-4-12(14)10-21)23-6-2-1-3-15(22)16(25)24-7-8-26-11-24/h4-5,9,15,23H,1-3,6-8,11,22H2/t15-/m0/s1. The number of alkyl halides is 3. The number of nitrogens with one attached hydrogen (secondary N) is 1. The molecule has 0 aliphatic carbocycles. The monoisotopic (exact) mass is 386 g/mol. The van der Waals surface area contributed by atoms with Crippen molar-refractivity contribution in [1.29, 1.82) is 5.26 Å². The van der Waals surface area contributed by atoms with Crippen LogP contribution in [0, 0.1) is 11.3 Å². The van der Waals surface area contributed by atoms with Crippen LogP contribution in [0.1, 0.15) is 30.4 Å². The van der Waals surface area contributed by atoms with E-state index in [2.05, 4.69) is 5.32 Å². The average Bonchev–Trinajstić information content (AvgIpc) is 3.14. The Labute approximate surface area is 154 Å². The summed E-state index contributed by atoms with van der Waals surface area (Å²) in [7, 11) is 0. The number of thioether (sulfide) groups is 1. The zero-order valence-electron chi connectivity index (χ0n) is 14.2. The molecule has 1 aliphatic heterocycles. The van der Waals surface area contributed by atoms with Crippen LogP contribution in [0.25, 0.3) is 0 Å². The number of benzene rings is 1. The van der Waals surface area contributed by atoms with Crippen molar-refractivity contribution in [3.63, 3.8) is 0 Å². The van der Waals surface area contributed by atoms with E-state index in [1.165, 1.54) is 6.07 Å². The highest BCUT2D eigenvalue weighted by molar-refractivity contribution is 7.99. The highest BCUT2D eigenvalue weighted by atomic mass is 32.2. The van der Waals surface area contributed by atoms with Crippen LogP contribution in [0.15, 0.2) is 18.2 Å². The van der Waals surface area contributed by atoms with E-state index in [1.807, 2.05) is 0 Å². The number of rotatable bonds is 7. The Morgan fingerprint density at radius 1 is 1.42 bits per heavy atom. The molecule has 0 bridgehead atoms. The van der Waals surface area contributed by atoms with Crippen LogP contribution in [-0.4, -0.2) is 41.6 Å². The summed E-state index contributed by atoms with van der Waals surface area (Å²) in [6.45, 7) is 1.20. The summed E-state index contributed by atoms with van der Waals surface area (Å²) in [5.41, 5.74) is 4.89. The van der Waals surface area contributed by atoms with Gasteiger partial charge in [-0.1, -0.05) is 0 Å². The third-order valence-corrected chi connectivity index (χ3v) is 5.06. The maximum absolute atomic E-state index is 12.9. The number of anilines is 1. The Bertz CT molecular complexity index is 669. The second-order valence-corrected chi connectivity index (χ2v) is 7.11.